The zero-order valence-electron chi connectivity index (χ0n) is 12.0. The fourth-order valence-corrected chi connectivity index (χ4v) is 2.25. The Morgan fingerprint density at radius 1 is 1.33 bits per heavy atom. The van der Waals surface area contributed by atoms with Crippen LogP contribution in [0.3, 0.4) is 0 Å². The maximum atomic E-state index is 6.07. The van der Waals surface area contributed by atoms with Crippen LogP contribution in [0.1, 0.15) is 45.7 Å². The van der Waals surface area contributed by atoms with Gasteiger partial charge in [0.05, 0.1) is 12.1 Å². The fourth-order valence-electron chi connectivity index (χ4n) is 2.06. The molecule has 0 spiro atoms. The topological polar surface area (TPSA) is 21.3 Å². The number of ether oxygens (including phenoxy) is 1. The molecule has 3 heteroatoms. The number of methoxy groups -OCH3 is 1. The van der Waals surface area contributed by atoms with Crippen LogP contribution in [0.15, 0.2) is 18.2 Å². The molecule has 0 fully saturated rings. The summed E-state index contributed by atoms with van der Waals surface area (Å²) < 4.78 is 5.28. The van der Waals surface area contributed by atoms with Gasteiger partial charge in [-0.1, -0.05) is 45.4 Å². The Morgan fingerprint density at radius 3 is 2.50 bits per heavy atom. The average Bonchev–Trinajstić information content (AvgIpc) is 2.27. The van der Waals surface area contributed by atoms with Gasteiger partial charge < -0.3 is 10.1 Å². The highest BCUT2D eigenvalue weighted by Crippen LogP contribution is 2.33. The third kappa shape index (κ3) is 4.51. The van der Waals surface area contributed by atoms with Gasteiger partial charge in [-0.05, 0) is 36.1 Å². The zero-order valence-corrected chi connectivity index (χ0v) is 12.8. The SMILES string of the molecule is CCNC(CC(C)(C)C)c1ccc(Cl)c(OC)c1. The second-order valence-corrected chi connectivity index (χ2v) is 6.18. The van der Waals surface area contributed by atoms with Gasteiger partial charge in [0.2, 0.25) is 0 Å². The number of nitrogens with one attached hydrogen (secondary N) is 1. The molecule has 18 heavy (non-hydrogen) atoms. The van der Waals surface area contributed by atoms with Crippen molar-refractivity contribution in [1.29, 1.82) is 0 Å². The molecule has 0 radical (unpaired) electrons. The highest BCUT2D eigenvalue weighted by molar-refractivity contribution is 6.32. The molecule has 0 aliphatic carbocycles. The van der Waals surface area contributed by atoms with Crippen molar-refractivity contribution < 1.29 is 4.74 Å². The Hall–Kier alpha value is -0.730. The van der Waals surface area contributed by atoms with Crippen molar-refractivity contribution in [3.63, 3.8) is 0 Å². The van der Waals surface area contributed by atoms with E-state index in [9.17, 15) is 0 Å². The molecule has 0 aromatic heterocycles. The number of benzene rings is 1. The Bertz CT molecular complexity index is 385. The van der Waals surface area contributed by atoms with E-state index in [2.05, 4.69) is 39.1 Å². The fraction of sp³-hybridized carbons (Fsp3) is 0.600. The summed E-state index contributed by atoms with van der Waals surface area (Å²) in [6, 6.07) is 6.34. The minimum Gasteiger partial charge on any atom is -0.495 e. The molecule has 0 aliphatic heterocycles. The van der Waals surface area contributed by atoms with Crippen LogP contribution in [0.25, 0.3) is 0 Å². The van der Waals surface area contributed by atoms with Crippen LogP contribution in [0, 0.1) is 5.41 Å². The molecule has 1 aromatic rings. The first-order valence-corrected chi connectivity index (χ1v) is 6.82. The van der Waals surface area contributed by atoms with Crippen molar-refractivity contribution in [2.24, 2.45) is 5.41 Å². The number of hydrogen-bond donors (Lipinski definition) is 1. The van der Waals surface area contributed by atoms with Crippen molar-refractivity contribution in [2.45, 2.75) is 40.2 Å². The van der Waals surface area contributed by atoms with Crippen LogP contribution in [0.5, 0.6) is 5.75 Å². The molecule has 0 amide bonds. The van der Waals surface area contributed by atoms with E-state index in [4.69, 9.17) is 16.3 Å². The molecule has 1 rings (SSSR count). The van der Waals surface area contributed by atoms with Gasteiger partial charge in [-0.2, -0.15) is 0 Å². The van der Waals surface area contributed by atoms with E-state index in [0.717, 1.165) is 18.7 Å². The highest BCUT2D eigenvalue weighted by Gasteiger charge is 2.20. The minimum absolute atomic E-state index is 0.277. The normalized spacial score (nSPS) is 13.4. The molecule has 2 nitrogen and oxygen atoms in total. The van der Waals surface area contributed by atoms with Gasteiger partial charge in [0.15, 0.2) is 0 Å². The first kappa shape index (κ1) is 15.3. The van der Waals surface area contributed by atoms with Gasteiger partial charge in [0, 0.05) is 6.04 Å². The van der Waals surface area contributed by atoms with Crippen LogP contribution in [-0.4, -0.2) is 13.7 Å². The lowest BCUT2D eigenvalue weighted by atomic mass is 9.85. The maximum Gasteiger partial charge on any atom is 0.137 e. The van der Waals surface area contributed by atoms with Crippen molar-refractivity contribution in [3.05, 3.63) is 28.8 Å². The van der Waals surface area contributed by atoms with Crippen LogP contribution in [-0.2, 0) is 0 Å². The van der Waals surface area contributed by atoms with Gasteiger partial charge >= 0.3 is 0 Å². The van der Waals surface area contributed by atoms with Gasteiger partial charge in [-0.15, -0.1) is 0 Å². The summed E-state index contributed by atoms with van der Waals surface area (Å²) in [5.41, 5.74) is 1.51. The Morgan fingerprint density at radius 2 is 2.00 bits per heavy atom. The monoisotopic (exact) mass is 269 g/mol. The molecule has 0 saturated heterocycles. The van der Waals surface area contributed by atoms with Crippen LogP contribution >= 0.6 is 11.6 Å². The first-order valence-electron chi connectivity index (χ1n) is 6.44. The summed E-state index contributed by atoms with van der Waals surface area (Å²) in [7, 11) is 1.65. The average molecular weight is 270 g/mol. The van der Waals surface area contributed by atoms with Crippen LogP contribution in [0.4, 0.5) is 0 Å². The van der Waals surface area contributed by atoms with Crippen molar-refractivity contribution >= 4 is 11.6 Å². The molecule has 1 N–H and O–H groups in total. The molecule has 1 unspecified atom stereocenters. The van der Waals surface area contributed by atoms with Gasteiger partial charge in [0.1, 0.15) is 5.75 Å². The lowest BCUT2D eigenvalue weighted by molar-refractivity contribution is 0.313. The van der Waals surface area contributed by atoms with E-state index in [1.807, 2.05) is 12.1 Å². The second-order valence-electron chi connectivity index (χ2n) is 5.77. The predicted octanol–water partition coefficient (Wildman–Crippen LogP) is 4.44. The molecular formula is C15H24ClNO. The molecule has 0 aliphatic rings. The summed E-state index contributed by atoms with van der Waals surface area (Å²) in [6.45, 7) is 9.84. The van der Waals surface area contributed by atoms with Gasteiger partial charge in [-0.3, -0.25) is 0 Å². The Labute approximate surface area is 116 Å². The summed E-state index contributed by atoms with van der Waals surface area (Å²) in [6.07, 6.45) is 1.08. The number of rotatable bonds is 5. The third-order valence-electron chi connectivity index (χ3n) is 2.84. The van der Waals surface area contributed by atoms with Crippen molar-refractivity contribution in [1.82, 2.24) is 5.32 Å². The molecular weight excluding hydrogens is 246 g/mol. The van der Waals surface area contributed by atoms with E-state index in [1.54, 1.807) is 7.11 Å². The van der Waals surface area contributed by atoms with Crippen molar-refractivity contribution in [2.75, 3.05) is 13.7 Å². The minimum atomic E-state index is 0.277. The van der Waals surface area contributed by atoms with E-state index in [0.29, 0.717) is 11.1 Å². The van der Waals surface area contributed by atoms with E-state index >= 15 is 0 Å². The lowest BCUT2D eigenvalue weighted by Gasteiger charge is -2.27. The van der Waals surface area contributed by atoms with E-state index < -0.39 is 0 Å². The maximum absolute atomic E-state index is 6.07. The zero-order chi connectivity index (χ0) is 13.8. The lowest BCUT2D eigenvalue weighted by Crippen LogP contribution is -2.25. The molecule has 0 heterocycles. The van der Waals surface area contributed by atoms with Gasteiger partial charge in [-0.25, -0.2) is 0 Å². The van der Waals surface area contributed by atoms with Gasteiger partial charge in [0.25, 0.3) is 0 Å². The predicted molar refractivity (Wildman–Crippen MR) is 78.5 cm³/mol. The second kappa shape index (κ2) is 6.44. The molecule has 1 aromatic carbocycles. The Balaban J connectivity index is 2.98. The standard InChI is InChI=1S/C15H24ClNO/c1-6-17-13(10-15(2,3)4)11-7-8-12(16)14(9-11)18-5/h7-9,13,17H,6,10H2,1-5H3. The molecule has 1 atom stereocenters. The summed E-state index contributed by atoms with van der Waals surface area (Å²) >= 11 is 6.07. The Kier molecular flexibility index (Phi) is 5.48. The van der Waals surface area contributed by atoms with Crippen LogP contribution < -0.4 is 10.1 Å². The van der Waals surface area contributed by atoms with E-state index in [-0.39, 0.29) is 5.41 Å². The largest absolute Gasteiger partial charge is 0.495 e. The van der Waals surface area contributed by atoms with E-state index in [1.165, 1.54) is 5.56 Å². The van der Waals surface area contributed by atoms with Crippen LogP contribution in [0.2, 0.25) is 5.02 Å². The molecule has 102 valence electrons. The smallest absolute Gasteiger partial charge is 0.137 e. The first-order chi connectivity index (χ1) is 8.37. The number of halogens is 1. The summed E-state index contributed by atoms with van der Waals surface area (Å²) in [4.78, 5) is 0. The van der Waals surface area contributed by atoms with Crippen molar-refractivity contribution in [3.8, 4) is 5.75 Å². The molecule has 0 bridgehead atoms. The summed E-state index contributed by atoms with van der Waals surface area (Å²) in [5, 5.41) is 4.19. The third-order valence-corrected chi connectivity index (χ3v) is 3.16. The quantitative estimate of drug-likeness (QED) is 0.854. The number of hydrogen-bond acceptors (Lipinski definition) is 2. The highest BCUT2D eigenvalue weighted by atomic mass is 35.5. The molecule has 0 saturated carbocycles. The summed E-state index contributed by atoms with van der Waals surface area (Å²) in [5.74, 6) is 0.742.